The number of rotatable bonds is 21. The fraction of sp³-hybridized carbons (Fsp3) is 0.865. The Morgan fingerprint density at radius 3 is 1.22 bits per heavy atom. The molecule has 0 aliphatic heterocycles. The molecule has 402 valence electrons. The third-order valence-electron chi connectivity index (χ3n) is 6.15. The normalized spacial score (nSPS) is 17.6. The molecule has 6 atom stereocenters. The molecule has 5 N–H and O–H groups in total. The Kier molecular flexibility index (Phi) is 36.3. The summed E-state index contributed by atoms with van der Waals surface area (Å²) in [4.78, 5) is 99.0. The van der Waals surface area contributed by atoms with Crippen LogP contribution in [0.3, 0.4) is 0 Å². The summed E-state index contributed by atoms with van der Waals surface area (Å²) < 4.78 is 100. The Morgan fingerprint density at radius 2 is 0.910 bits per heavy atom. The molecular weight excluding hydrogens is 999 g/mol. The highest BCUT2D eigenvalue weighted by Crippen LogP contribution is 2.53. The lowest BCUT2D eigenvalue weighted by molar-refractivity contribution is -0.191. The first-order chi connectivity index (χ1) is 29.2. The zero-order valence-electron chi connectivity index (χ0n) is 41.1. The molecule has 0 bridgehead atoms. The third-order valence-corrected chi connectivity index (χ3v) is 9.54. The van der Waals surface area contributed by atoms with Gasteiger partial charge < -0.3 is 52.7 Å². The Labute approximate surface area is 395 Å². The van der Waals surface area contributed by atoms with Crippen LogP contribution in [0.25, 0.3) is 0 Å². The molecule has 30 heteroatoms. The first kappa shape index (κ1) is 74.1. The lowest BCUT2D eigenvalue weighted by atomic mass is 10.2. The van der Waals surface area contributed by atoms with Gasteiger partial charge in [0.1, 0.15) is 6.61 Å². The van der Waals surface area contributed by atoms with Crippen LogP contribution >= 0.6 is 38.0 Å². The maximum absolute atomic E-state index is 11.2. The third kappa shape index (κ3) is 51.8. The standard InChI is InChI=1S/C8H15O5P.C8H17O5P.2C7H15O5P.C6H13O5P.CH4/c1-6(2)7(9)12-8(4-5-8)13-14(3,10)11;1-6(2)7(9)12-8(3,4)13-14(5,10)11;1-6(2)7(8)11-4-5-12-13(3,9)10;1-5(2)7(8)11-6(3)12-13(4,9)10;1-5(2)6(7)10-4-11-12(3,8)9;/h6H,4-5H2,1-3H3,(H,10,11);6H,1-5H3,(H,10,11);6H,4-5H2,1-3H3,(H,9,10);5-6H,1-4H3,(H,9,10);5H,4H2,1-3H3,(H,8,9);1H4. The van der Waals surface area contributed by atoms with Gasteiger partial charge in [-0.05, 0) is 6.92 Å². The first-order valence-electron chi connectivity index (χ1n) is 20.0. The van der Waals surface area contributed by atoms with E-state index in [1.807, 2.05) is 0 Å². The highest BCUT2D eigenvalue weighted by molar-refractivity contribution is 7.52. The minimum absolute atomic E-state index is 0. The SMILES string of the molecule is C.CC(C)C(=O)OC(C)(C)OP(C)(=O)O.CC(C)C(=O)OC1(OP(C)(=O)O)CC1.CC(C)C(=O)OCCOP(C)(=O)O.CC(C)C(=O)OCOP(C)(=O)O.CC(OC(=O)C(C)C)OP(C)(=O)O. The van der Waals surface area contributed by atoms with Crippen LogP contribution in [-0.4, -0.2) is 126 Å². The van der Waals surface area contributed by atoms with Crippen molar-refractivity contribution in [1.29, 1.82) is 0 Å². The smallest absolute Gasteiger partial charge is 0.328 e. The van der Waals surface area contributed by atoms with Crippen molar-refractivity contribution < 1.29 is 118 Å². The molecule has 0 saturated heterocycles. The fourth-order valence-electron chi connectivity index (χ4n) is 3.17. The summed E-state index contributed by atoms with van der Waals surface area (Å²) in [5.74, 6) is -5.91. The summed E-state index contributed by atoms with van der Waals surface area (Å²) in [5.41, 5.74) is 0. The van der Waals surface area contributed by atoms with E-state index in [4.69, 9.17) is 52.5 Å². The predicted molar refractivity (Wildman–Crippen MR) is 246 cm³/mol. The fourth-order valence-corrected chi connectivity index (χ4v) is 6.12. The second-order valence-corrected chi connectivity index (χ2v) is 25.6. The Hall–Kier alpha value is -1.90. The first-order valence-corrected chi connectivity index (χ1v) is 30.2. The number of hydrogen-bond acceptors (Lipinski definition) is 20. The van der Waals surface area contributed by atoms with Gasteiger partial charge in [0.2, 0.25) is 24.7 Å². The van der Waals surface area contributed by atoms with E-state index in [9.17, 15) is 46.8 Å². The van der Waals surface area contributed by atoms with Gasteiger partial charge in [0, 0.05) is 60.0 Å². The van der Waals surface area contributed by atoms with Crippen LogP contribution in [0.15, 0.2) is 0 Å². The van der Waals surface area contributed by atoms with E-state index in [0.717, 1.165) is 33.3 Å². The topological polar surface area (TPSA) is 364 Å². The van der Waals surface area contributed by atoms with Crippen molar-refractivity contribution in [1.82, 2.24) is 0 Å². The summed E-state index contributed by atoms with van der Waals surface area (Å²) in [7, 11) is -17.8. The van der Waals surface area contributed by atoms with E-state index in [-0.39, 0.29) is 56.2 Å². The molecule has 0 aromatic rings. The van der Waals surface area contributed by atoms with Crippen LogP contribution in [0.5, 0.6) is 0 Å². The van der Waals surface area contributed by atoms with Crippen LogP contribution < -0.4 is 0 Å². The van der Waals surface area contributed by atoms with Gasteiger partial charge in [0.25, 0.3) is 0 Å². The molecular formula is C37H79O25P5. The number of carbonyl (C=O) groups excluding carboxylic acids is 5. The van der Waals surface area contributed by atoms with Crippen LogP contribution in [0.1, 0.15) is 110 Å². The van der Waals surface area contributed by atoms with Crippen molar-refractivity contribution in [3.63, 3.8) is 0 Å². The van der Waals surface area contributed by atoms with Crippen molar-refractivity contribution in [3.05, 3.63) is 0 Å². The molecule has 67 heavy (non-hydrogen) atoms. The van der Waals surface area contributed by atoms with E-state index in [2.05, 4.69) is 18.3 Å². The van der Waals surface area contributed by atoms with E-state index in [1.165, 1.54) is 20.8 Å². The van der Waals surface area contributed by atoms with Gasteiger partial charge in [-0.15, -0.1) is 0 Å². The average Bonchev–Trinajstić information content (AvgIpc) is 3.80. The molecule has 6 unspecified atom stereocenters. The van der Waals surface area contributed by atoms with Crippen molar-refractivity contribution in [2.75, 3.05) is 53.3 Å². The van der Waals surface area contributed by atoms with Gasteiger partial charge in [-0.25, -0.2) is 0 Å². The highest BCUT2D eigenvalue weighted by atomic mass is 31.2. The summed E-state index contributed by atoms with van der Waals surface area (Å²) in [6.07, 6.45) is -0.0102. The van der Waals surface area contributed by atoms with Gasteiger partial charge in [0.15, 0.2) is 0 Å². The van der Waals surface area contributed by atoms with Gasteiger partial charge in [-0.2, -0.15) is 0 Å². The zero-order chi connectivity index (χ0) is 53.5. The predicted octanol–water partition coefficient (Wildman–Crippen LogP) is 7.25. The molecule has 1 rings (SSSR count). The van der Waals surface area contributed by atoms with Crippen LogP contribution in [0.4, 0.5) is 0 Å². The average molecular weight is 1080 g/mol. The number of carbonyl (C=O) groups is 5. The van der Waals surface area contributed by atoms with E-state index < -0.39 is 86.5 Å². The van der Waals surface area contributed by atoms with Crippen LogP contribution in [0, 0.1) is 29.6 Å². The molecule has 0 aromatic carbocycles. The van der Waals surface area contributed by atoms with Gasteiger partial charge in [0.05, 0.1) is 36.2 Å². The Balaban J connectivity index is -0.000000238. The maximum Gasteiger partial charge on any atom is 0.328 e. The largest absolute Gasteiger partial charge is 0.463 e. The molecule has 1 saturated carbocycles. The Bertz CT molecular complexity index is 1680. The second kappa shape index (κ2) is 32.9. The van der Waals surface area contributed by atoms with Crippen molar-refractivity contribution in [2.45, 2.75) is 128 Å². The van der Waals surface area contributed by atoms with Gasteiger partial charge in [-0.3, -0.25) is 64.9 Å². The van der Waals surface area contributed by atoms with Crippen LogP contribution in [0.2, 0.25) is 0 Å². The lowest BCUT2D eigenvalue weighted by Crippen LogP contribution is -2.32. The molecule has 0 amide bonds. The Morgan fingerprint density at radius 1 is 0.522 bits per heavy atom. The summed E-state index contributed by atoms with van der Waals surface area (Å²) >= 11 is 0. The van der Waals surface area contributed by atoms with Crippen molar-refractivity contribution in [3.8, 4) is 0 Å². The lowest BCUT2D eigenvalue weighted by Gasteiger charge is -2.26. The second-order valence-electron chi connectivity index (χ2n) is 16.4. The van der Waals surface area contributed by atoms with Crippen molar-refractivity contribution >= 4 is 67.8 Å². The highest BCUT2D eigenvalue weighted by Gasteiger charge is 2.52. The van der Waals surface area contributed by atoms with E-state index in [1.54, 1.807) is 69.2 Å². The van der Waals surface area contributed by atoms with Gasteiger partial charge >= 0.3 is 67.8 Å². The molecule has 1 fully saturated rings. The quantitative estimate of drug-likeness (QED) is 0.0248. The van der Waals surface area contributed by atoms with Gasteiger partial charge in [-0.1, -0.05) is 76.7 Å². The number of hydrogen-bond donors (Lipinski definition) is 5. The monoisotopic (exact) mass is 1080 g/mol. The molecule has 1 aliphatic carbocycles. The van der Waals surface area contributed by atoms with E-state index in [0.29, 0.717) is 12.8 Å². The minimum atomic E-state index is -3.65. The minimum Gasteiger partial charge on any atom is -0.463 e. The summed E-state index contributed by atoms with van der Waals surface area (Å²) in [6.45, 7) is 25.8. The van der Waals surface area contributed by atoms with Crippen LogP contribution in [-0.2, 0) is 93.1 Å². The molecule has 0 radical (unpaired) electrons. The summed E-state index contributed by atoms with van der Waals surface area (Å²) in [6, 6.07) is 0. The molecule has 0 heterocycles. The zero-order valence-corrected chi connectivity index (χ0v) is 45.6. The summed E-state index contributed by atoms with van der Waals surface area (Å²) in [5, 5.41) is 0. The van der Waals surface area contributed by atoms with E-state index >= 15 is 0 Å². The maximum atomic E-state index is 11.2. The molecule has 0 aromatic heterocycles. The molecule has 1 aliphatic rings. The number of ether oxygens (including phenoxy) is 5. The molecule has 0 spiro atoms. The van der Waals surface area contributed by atoms with Crippen molar-refractivity contribution in [2.24, 2.45) is 29.6 Å². The number of esters is 5. The molecule has 25 nitrogen and oxygen atoms in total.